The van der Waals surface area contributed by atoms with Crippen molar-refractivity contribution in [2.75, 3.05) is 0 Å². The van der Waals surface area contributed by atoms with E-state index in [-0.39, 0.29) is 5.41 Å². The molecule has 0 aliphatic heterocycles. The molecule has 1 atom stereocenters. The molecule has 0 aromatic heterocycles. The molecule has 15 heavy (non-hydrogen) atoms. The van der Waals surface area contributed by atoms with Crippen LogP contribution in [0.1, 0.15) is 47.5 Å². The minimum absolute atomic E-state index is 0.286. The molecule has 0 saturated carbocycles. The second kappa shape index (κ2) is 5.43. The Morgan fingerprint density at radius 3 is 1.93 bits per heavy atom. The van der Waals surface area contributed by atoms with E-state index in [9.17, 15) is 0 Å². The highest BCUT2D eigenvalue weighted by Gasteiger charge is 2.39. The Bertz CT molecular complexity index is 261. The molecule has 0 aromatic carbocycles. The molecule has 0 bridgehead atoms. The first-order valence-electron chi connectivity index (χ1n) is 5.83. The van der Waals surface area contributed by atoms with Gasteiger partial charge in [0.1, 0.15) is 0 Å². The topological polar surface area (TPSA) is 0 Å². The van der Waals surface area contributed by atoms with Crippen LogP contribution in [0.4, 0.5) is 0 Å². The van der Waals surface area contributed by atoms with Crippen molar-refractivity contribution in [2.45, 2.75) is 59.0 Å². The lowest BCUT2D eigenvalue weighted by Gasteiger charge is -2.34. The Balaban J connectivity index is 5.01. The summed E-state index contributed by atoms with van der Waals surface area (Å²) in [6.07, 6.45) is 13.7. The van der Waals surface area contributed by atoms with Crippen molar-refractivity contribution in [2.24, 2.45) is 5.41 Å². The van der Waals surface area contributed by atoms with E-state index in [0.29, 0.717) is 5.54 Å². The molecular formula is C14H24Si. The minimum Gasteiger partial charge on any atom is -0.126 e. The molecule has 0 aliphatic rings. The SMILES string of the molecule is C#C[Si](C#C)(CC(C)(C)CC)C(C)CC. The molecule has 0 N–H and O–H groups in total. The van der Waals surface area contributed by atoms with Gasteiger partial charge in [0.25, 0.3) is 0 Å². The zero-order chi connectivity index (χ0) is 12.1. The van der Waals surface area contributed by atoms with Crippen molar-refractivity contribution in [3.63, 3.8) is 0 Å². The van der Waals surface area contributed by atoms with Crippen LogP contribution in [0.15, 0.2) is 0 Å². The van der Waals surface area contributed by atoms with E-state index in [1.807, 2.05) is 0 Å². The van der Waals surface area contributed by atoms with Gasteiger partial charge in [0.05, 0.1) is 0 Å². The van der Waals surface area contributed by atoms with E-state index in [2.05, 4.69) is 45.7 Å². The molecule has 0 saturated heterocycles. The van der Waals surface area contributed by atoms with Crippen LogP contribution < -0.4 is 0 Å². The highest BCUT2D eigenvalue weighted by Crippen LogP contribution is 2.37. The Morgan fingerprint density at radius 1 is 1.20 bits per heavy atom. The summed E-state index contributed by atoms with van der Waals surface area (Å²) in [7, 11) is -1.95. The van der Waals surface area contributed by atoms with Gasteiger partial charge >= 0.3 is 0 Å². The number of rotatable bonds is 5. The van der Waals surface area contributed by atoms with Gasteiger partial charge in [0, 0.05) is 0 Å². The number of hydrogen-bond donors (Lipinski definition) is 0. The number of hydrogen-bond acceptors (Lipinski definition) is 0. The van der Waals surface area contributed by atoms with Crippen LogP contribution in [0.25, 0.3) is 0 Å². The van der Waals surface area contributed by atoms with Gasteiger partial charge in [-0.05, 0) is 17.0 Å². The van der Waals surface area contributed by atoms with E-state index < -0.39 is 8.07 Å². The lowest BCUT2D eigenvalue weighted by atomic mass is 9.93. The molecule has 1 heteroatoms. The number of terminal acetylenes is 2. The molecule has 0 spiro atoms. The predicted molar refractivity (Wildman–Crippen MR) is 72.0 cm³/mol. The zero-order valence-corrected chi connectivity index (χ0v) is 11.9. The summed E-state index contributed by atoms with van der Waals surface area (Å²) in [5.41, 5.74) is 6.83. The lowest BCUT2D eigenvalue weighted by molar-refractivity contribution is 0.391. The first kappa shape index (κ1) is 14.3. The van der Waals surface area contributed by atoms with Crippen LogP contribution in [-0.4, -0.2) is 8.07 Å². The van der Waals surface area contributed by atoms with E-state index in [4.69, 9.17) is 12.8 Å². The quantitative estimate of drug-likeness (QED) is 0.485. The average molecular weight is 220 g/mol. The van der Waals surface area contributed by atoms with Gasteiger partial charge in [0.15, 0.2) is 0 Å². The second-order valence-electron chi connectivity index (χ2n) is 5.26. The van der Waals surface area contributed by atoms with Crippen molar-refractivity contribution in [3.8, 4) is 23.9 Å². The fourth-order valence-electron chi connectivity index (χ4n) is 1.83. The third kappa shape index (κ3) is 3.44. The fraction of sp³-hybridized carbons (Fsp3) is 0.714. The Hall–Kier alpha value is -0.663. The predicted octanol–water partition coefficient (Wildman–Crippen LogP) is 4.02. The van der Waals surface area contributed by atoms with Gasteiger partial charge in [-0.1, -0.05) is 47.5 Å². The van der Waals surface area contributed by atoms with Crippen LogP contribution in [0.3, 0.4) is 0 Å². The summed E-state index contributed by atoms with van der Waals surface area (Å²) in [5.74, 6) is 0. The van der Waals surface area contributed by atoms with Crippen molar-refractivity contribution >= 4 is 8.07 Å². The van der Waals surface area contributed by atoms with E-state index >= 15 is 0 Å². The minimum atomic E-state index is -1.95. The molecule has 0 aromatic rings. The fourth-order valence-corrected chi connectivity index (χ4v) is 5.49. The summed E-state index contributed by atoms with van der Waals surface area (Å²) >= 11 is 0. The average Bonchev–Trinajstić information content (AvgIpc) is 2.25. The van der Waals surface area contributed by atoms with Crippen LogP contribution in [0.2, 0.25) is 11.6 Å². The van der Waals surface area contributed by atoms with Crippen LogP contribution in [-0.2, 0) is 0 Å². The molecule has 1 unspecified atom stereocenters. The first-order valence-corrected chi connectivity index (χ1v) is 8.11. The first-order chi connectivity index (χ1) is 6.87. The van der Waals surface area contributed by atoms with Crippen LogP contribution >= 0.6 is 0 Å². The van der Waals surface area contributed by atoms with Gasteiger partial charge < -0.3 is 0 Å². The molecule has 84 valence electrons. The maximum atomic E-state index is 5.73. The van der Waals surface area contributed by atoms with Crippen molar-refractivity contribution in [1.29, 1.82) is 0 Å². The molecular weight excluding hydrogens is 196 g/mol. The van der Waals surface area contributed by atoms with Gasteiger partial charge in [-0.3, -0.25) is 0 Å². The van der Waals surface area contributed by atoms with Gasteiger partial charge in [-0.25, -0.2) is 0 Å². The van der Waals surface area contributed by atoms with Gasteiger partial charge in [-0.15, -0.1) is 23.9 Å². The highest BCUT2D eigenvalue weighted by molar-refractivity contribution is 6.95. The smallest absolute Gasteiger partial charge is 0.126 e. The summed E-state index contributed by atoms with van der Waals surface area (Å²) in [4.78, 5) is 0. The van der Waals surface area contributed by atoms with Crippen LogP contribution in [0, 0.1) is 29.3 Å². The Morgan fingerprint density at radius 2 is 1.67 bits per heavy atom. The van der Waals surface area contributed by atoms with Gasteiger partial charge in [0.2, 0.25) is 8.07 Å². The molecule has 0 aliphatic carbocycles. The largest absolute Gasteiger partial charge is 0.219 e. The normalized spacial score (nSPS) is 14.1. The molecule has 0 nitrogen and oxygen atoms in total. The maximum Gasteiger partial charge on any atom is 0.219 e. The van der Waals surface area contributed by atoms with Gasteiger partial charge in [-0.2, -0.15) is 0 Å². The molecule has 0 rings (SSSR count). The van der Waals surface area contributed by atoms with Crippen molar-refractivity contribution in [1.82, 2.24) is 0 Å². The van der Waals surface area contributed by atoms with E-state index in [0.717, 1.165) is 18.9 Å². The van der Waals surface area contributed by atoms with Crippen LogP contribution in [0.5, 0.6) is 0 Å². The van der Waals surface area contributed by atoms with E-state index in [1.165, 1.54) is 0 Å². The van der Waals surface area contributed by atoms with Crippen molar-refractivity contribution in [3.05, 3.63) is 0 Å². The molecule has 0 fully saturated rings. The molecule has 0 radical (unpaired) electrons. The highest BCUT2D eigenvalue weighted by atomic mass is 28.3. The standard InChI is InChI=1S/C14H24Si/c1-8-13(5)15(10-3,11-4)12-14(6,7)9-2/h3-4,13H,8-9,12H2,1-2,5-7H3. The summed E-state index contributed by atoms with van der Waals surface area (Å²) in [5, 5.41) is 0. The Labute approximate surface area is 96.9 Å². The monoisotopic (exact) mass is 220 g/mol. The molecule has 0 heterocycles. The Kier molecular flexibility index (Phi) is 5.19. The summed E-state index contributed by atoms with van der Waals surface area (Å²) < 4.78 is 0. The molecule has 0 amide bonds. The van der Waals surface area contributed by atoms with E-state index in [1.54, 1.807) is 0 Å². The third-order valence-corrected chi connectivity index (χ3v) is 8.32. The maximum absolute atomic E-state index is 5.73. The lowest BCUT2D eigenvalue weighted by Crippen LogP contribution is -2.40. The summed E-state index contributed by atoms with van der Waals surface area (Å²) in [6.45, 7) is 11.2. The van der Waals surface area contributed by atoms with Crippen molar-refractivity contribution < 1.29 is 0 Å². The second-order valence-corrected chi connectivity index (χ2v) is 9.12. The third-order valence-electron chi connectivity index (χ3n) is 3.68. The summed E-state index contributed by atoms with van der Waals surface area (Å²) in [6, 6.07) is 1.05. The zero-order valence-electron chi connectivity index (χ0n) is 10.9.